The summed E-state index contributed by atoms with van der Waals surface area (Å²) in [4.78, 5) is 14.2. The maximum absolute atomic E-state index is 11.6. The Labute approximate surface area is 139 Å². The first-order chi connectivity index (χ1) is 11.2. The highest BCUT2D eigenvalue weighted by Gasteiger charge is 2.32. The molecule has 1 heterocycles. The minimum atomic E-state index is -0.0786. The zero-order valence-corrected chi connectivity index (χ0v) is 14.0. The lowest BCUT2D eigenvalue weighted by Gasteiger charge is -2.38. The third-order valence-electron chi connectivity index (χ3n) is 4.95. The van der Waals surface area contributed by atoms with Crippen LogP contribution in [-0.2, 0) is 16.1 Å². The van der Waals surface area contributed by atoms with Crippen LogP contribution in [-0.4, -0.2) is 43.7 Å². The summed E-state index contributed by atoms with van der Waals surface area (Å²) in [5.74, 6) is 1.22. The molecular weight excluding hydrogens is 288 g/mol. The van der Waals surface area contributed by atoms with Crippen molar-refractivity contribution in [2.24, 2.45) is 11.8 Å². The third-order valence-corrected chi connectivity index (χ3v) is 4.95. The van der Waals surface area contributed by atoms with E-state index in [1.54, 1.807) is 0 Å². The van der Waals surface area contributed by atoms with E-state index in [0.29, 0.717) is 18.4 Å². The molecule has 1 N–H and O–H groups in total. The Bertz CT molecular complexity index is 501. The quantitative estimate of drug-likeness (QED) is 0.785. The second kappa shape index (κ2) is 7.93. The van der Waals surface area contributed by atoms with Gasteiger partial charge in [0.2, 0.25) is 0 Å². The van der Waals surface area contributed by atoms with E-state index in [-0.39, 0.29) is 5.97 Å². The molecule has 2 fully saturated rings. The highest BCUT2D eigenvalue weighted by atomic mass is 16.5. The van der Waals surface area contributed by atoms with Crippen LogP contribution in [0.25, 0.3) is 0 Å². The number of piperidine rings is 1. The van der Waals surface area contributed by atoms with Gasteiger partial charge in [0.05, 0.1) is 7.11 Å². The van der Waals surface area contributed by atoms with Gasteiger partial charge < -0.3 is 15.0 Å². The van der Waals surface area contributed by atoms with E-state index in [1.165, 1.54) is 32.1 Å². The van der Waals surface area contributed by atoms with Gasteiger partial charge in [-0.05, 0) is 36.7 Å². The first-order valence-electron chi connectivity index (χ1n) is 8.79. The number of methoxy groups -OCH3 is 1. The summed E-state index contributed by atoms with van der Waals surface area (Å²) in [6, 6.07) is 11.0. The van der Waals surface area contributed by atoms with Crippen LogP contribution in [0.4, 0.5) is 0 Å². The van der Waals surface area contributed by atoms with Crippen LogP contribution >= 0.6 is 0 Å². The Kier molecular flexibility index (Phi) is 5.68. The van der Waals surface area contributed by atoms with E-state index in [4.69, 9.17) is 4.74 Å². The molecule has 2 unspecified atom stereocenters. The number of carbonyl (C=O) groups excluding carboxylic acids is 1. The molecule has 1 aliphatic heterocycles. The van der Waals surface area contributed by atoms with Crippen molar-refractivity contribution in [1.82, 2.24) is 10.2 Å². The average Bonchev–Trinajstić information content (AvgIpc) is 3.37. The first kappa shape index (κ1) is 16.5. The highest BCUT2D eigenvalue weighted by Crippen LogP contribution is 2.31. The number of hydrogen-bond acceptors (Lipinski definition) is 4. The minimum Gasteiger partial charge on any atom is -0.469 e. The van der Waals surface area contributed by atoms with Crippen LogP contribution in [0, 0.1) is 11.8 Å². The van der Waals surface area contributed by atoms with Crippen LogP contribution in [0.3, 0.4) is 0 Å². The zero-order chi connectivity index (χ0) is 16.1. The third kappa shape index (κ3) is 5.33. The molecule has 0 radical (unpaired) electrons. The van der Waals surface area contributed by atoms with E-state index in [0.717, 1.165) is 32.0 Å². The van der Waals surface area contributed by atoms with Crippen molar-refractivity contribution < 1.29 is 9.53 Å². The predicted octanol–water partition coefficient (Wildman–Crippen LogP) is 2.44. The average molecular weight is 316 g/mol. The van der Waals surface area contributed by atoms with E-state index < -0.39 is 0 Å². The lowest BCUT2D eigenvalue weighted by Crippen LogP contribution is -2.50. The molecule has 4 heteroatoms. The van der Waals surface area contributed by atoms with Gasteiger partial charge in [-0.15, -0.1) is 0 Å². The zero-order valence-electron chi connectivity index (χ0n) is 14.0. The van der Waals surface area contributed by atoms with Gasteiger partial charge in [-0.1, -0.05) is 30.3 Å². The molecule has 3 rings (SSSR count). The van der Waals surface area contributed by atoms with Crippen molar-refractivity contribution in [2.75, 3.05) is 26.7 Å². The lowest BCUT2D eigenvalue weighted by atomic mass is 9.91. The van der Waals surface area contributed by atoms with Crippen molar-refractivity contribution >= 4 is 5.97 Å². The fraction of sp³-hybridized carbons (Fsp3) is 0.632. The molecule has 0 amide bonds. The number of ether oxygens (including phenoxy) is 1. The fourth-order valence-corrected chi connectivity index (χ4v) is 3.59. The van der Waals surface area contributed by atoms with Crippen molar-refractivity contribution in [3.05, 3.63) is 35.9 Å². The second-order valence-corrected chi connectivity index (χ2v) is 7.11. The molecule has 0 aromatic heterocycles. The van der Waals surface area contributed by atoms with Crippen molar-refractivity contribution in [1.29, 1.82) is 0 Å². The van der Waals surface area contributed by atoms with E-state index in [1.807, 2.05) is 6.07 Å². The Hall–Kier alpha value is -1.39. The molecule has 2 atom stereocenters. The monoisotopic (exact) mass is 316 g/mol. The van der Waals surface area contributed by atoms with Crippen LogP contribution < -0.4 is 5.32 Å². The summed E-state index contributed by atoms with van der Waals surface area (Å²) in [5.41, 5.74) is 1.32. The summed E-state index contributed by atoms with van der Waals surface area (Å²) in [6.45, 7) is 4.23. The van der Waals surface area contributed by atoms with Crippen molar-refractivity contribution in [3.63, 3.8) is 0 Å². The van der Waals surface area contributed by atoms with Gasteiger partial charge in [-0.3, -0.25) is 4.79 Å². The number of likely N-dealkylation sites (tertiary alicyclic amines) is 1. The number of esters is 1. The smallest absolute Gasteiger partial charge is 0.305 e. The normalized spacial score (nSPS) is 25.3. The minimum absolute atomic E-state index is 0.0786. The van der Waals surface area contributed by atoms with Gasteiger partial charge >= 0.3 is 5.97 Å². The maximum Gasteiger partial charge on any atom is 0.305 e. The SMILES string of the molecule is COC(=O)CC1CC(NCc2ccccc2)CN(CC2CC2)C1. The van der Waals surface area contributed by atoms with E-state index >= 15 is 0 Å². The Balaban J connectivity index is 1.54. The summed E-state index contributed by atoms with van der Waals surface area (Å²) in [6.07, 6.45) is 4.35. The number of nitrogens with zero attached hydrogens (tertiary/aromatic N) is 1. The number of rotatable bonds is 7. The van der Waals surface area contributed by atoms with Gasteiger partial charge in [-0.25, -0.2) is 0 Å². The number of hydrogen-bond donors (Lipinski definition) is 1. The van der Waals surface area contributed by atoms with Gasteiger partial charge in [0.1, 0.15) is 0 Å². The van der Waals surface area contributed by atoms with Crippen LogP contribution in [0.15, 0.2) is 30.3 Å². The molecule has 2 aliphatic rings. The Morgan fingerprint density at radius 3 is 2.70 bits per heavy atom. The van der Waals surface area contributed by atoms with Crippen LogP contribution in [0.5, 0.6) is 0 Å². The van der Waals surface area contributed by atoms with Gasteiger partial charge in [0.25, 0.3) is 0 Å². The van der Waals surface area contributed by atoms with Crippen molar-refractivity contribution in [2.45, 2.75) is 38.3 Å². The van der Waals surface area contributed by atoms with Crippen LogP contribution in [0.2, 0.25) is 0 Å². The van der Waals surface area contributed by atoms with Gasteiger partial charge in [0.15, 0.2) is 0 Å². The number of carbonyl (C=O) groups is 1. The molecule has 0 bridgehead atoms. The summed E-state index contributed by atoms with van der Waals surface area (Å²) < 4.78 is 4.87. The summed E-state index contributed by atoms with van der Waals surface area (Å²) in [5, 5.41) is 3.69. The lowest BCUT2D eigenvalue weighted by molar-refractivity contribution is -0.142. The van der Waals surface area contributed by atoms with Gasteiger partial charge in [-0.2, -0.15) is 0 Å². The number of nitrogens with one attached hydrogen (secondary N) is 1. The number of benzene rings is 1. The molecule has 1 aromatic carbocycles. The molecule has 1 saturated carbocycles. The largest absolute Gasteiger partial charge is 0.469 e. The molecule has 1 aromatic rings. The Morgan fingerprint density at radius 2 is 2.00 bits per heavy atom. The van der Waals surface area contributed by atoms with Crippen LogP contribution in [0.1, 0.15) is 31.2 Å². The molecule has 126 valence electrons. The Morgan fingerprint density at radius 1 is 1.22 bits per heavy atom. The molecular formula is C19H28N2O2. The summed E-state index contributed by atoms with van der Waals surface area (Å²) >= 11 is 0. The highest BCUT2D eigenvalue weighted by molar-refractivity contribution is 5.69. The van der Waals surface area contributed by atoms with E-state index in [9.17, 15) is 4.79 Å². The summed E-state index contributed by atoms with van der Waals surface area (Å²) in [7, 11) is 1.48. The van der Waals surface area contributed by atoms with Gasteiger partial charge in [0, 0.05) is 38.6 Å². The molecule has 4 nitrogen and oxygen atoms in total. The second-order valence-electron chi connectivity index (χ2n) is 7.11. The fourth-order valence-electron chi connectivity index (χ4n) is 3.59. The topological polar surface area (TPSA) is 41.6 Å². The standard InChI is InChI=1S/C19H28N2O2/c1-23-19(22)10-17-9-18(14-21(13-17)12-16-7-8-16)20-11-15-5-3-2-4-6-15/h2-6,16-18,20H,7-14H2,1H3. The van der Waals surface area contributed by atoms with E-state index in [2.05, 4.69) is 34.5 Å². The molecule has 23 heavy (non-hydrogen) atoms. The van der Waals surface area contributed by atoms with Crippen molar-refractivity contribution in [3.8, 4) is 0 Å². The molecule has 1 saturated heterocycles. The first-order valence-corrected chi connectivity index (χ1v) is 8.79. The molecule has 1 aliphatic carbocycles. The maximum atomic E-state index is 11.6. The predicted molar refractivity (Wildman–Crippen MR) is 91.0 cm³/mol. The molecule has 0 spiro atoms.